The van der Waals surface area contributed by atoms with Crippen LogP contribution in [0.3, 0.4) is 0 Å². The Morgan fingerprint density at radius 3 is 2.30 bits per heavy atom. The Balaban J connectivity index is 2.29. The summed E-state index contributed by atoms with van der Waals surface area (Å²) in [7, 11) is -1.08. The first-order valence-corrected chi connectivity index (χ1v) is 9.28. The first-order chi connectivity index (χ1) is 12.4. The summed E-state index contributed by atoms with van der Waals surface area (Å²) in [6.07, 6.45) is -5.76. The molecule has 0 heterocycles. The molecule has 0 N–H and O–H groups in total. The number of nitrogens with zero attached hydrogens (tertiary/aromatic N) is 1. The molecular formula is C18H18F3NO4S. The number of alkyl halides is 3. The number of carbonyl (C=O) groups excluding carboxylic acids is 1. The van der Waals surface area contributed by atoms with Gasteiger partial charge in [-0.1, -0.05) is 24.3 Å². The van der Waals surface area contributed by atoms with Crippen LogP contribution in [0.5, 0.6) is 0 Å². The van der Waals surface area contributed by atoms with Crippen LogP contribution in [-0.4, -0.2) is 32.8 Å². The lowest BCUT2D eigenvalue weighted by Crippen LogP contribution is -2.22. The average Bonchev–Trinajstić information content (AvgIpc) is 2.60. The van der Waals surface area contributed by atoms with Crippen LogP contribution in [0.4, 0.5) is 13.2 Å². The average molecular weight is 401 g/mol. The number of hydrogen-bond acceptors (Lipinski definition) is 4. The van der Waals surface area contributed by atoms with Crippen molar-refractivity contribution in [2.75, 3.05) is 14.1 Å². The van der Waals surface area contributed by atoms with E-state index < -0.39 is 33.8 Å². The lowest BCUT2D eigenvalue weighted by atomic mass is 10.0. The zero-order valence-corrected chi connectivity index (χ0v) is 15.6. The minimum absolute atomic E-state index is 0.0748. The fraction of sp³-hybridized carbons (Fsp3) is 0.278. The van der Waals surface area contributed by atoms with Gasteiger partial charge in [0.25, 0.3) is 0 Å². The Labute approximate surface area is 155 Å². The normalized spacial score (nSPS) is 13.4. The summed E-state index contributed by atoms with van der Waals surface area (Å²) >= 11 is 0. The topological polar surface area (TPSA) is 63.7 Å². The zero-order chi connectivity index (χ0) is 20.4. The van der Waals surface area contributed by atoms with Crippen LogP contribution >= 0.6 is 0 Å². The van der Waals surface area contributed by atoms with E-state index in [1.165, 1.54) is 57.4 Å². The van der Waals surface area contributed by atoms with E-state index in [-0.39, 0.29) is 16.0 Å². The van der Waals surface area contributed by atoms with Crippen molar-refractivity contribution < 1.29 is 31.1 Å². The predicted octanol–water partition coefficient (Wildman–Crippen LogP) is 3.87. The maximum Gasteiger partial charge on any atom is 0.416 e. The molecule has 0 aliphatic carbocycles. The van der Waals surface area contributed by atoms with Crippen molar-refractivity contribution >= 4 is 16.0 Å². The summed E-state index contributed by atoms with van der Waals surface area (Å²) in [4.78, 5) is 12.2. The van der Waals surface area contributed by atoms with Gasteiger partial charge in [-0.3, -0.25) is 0 Å². The van der Waals surface area contributed by atoms with Gasteiger partial charge in [0, 0.05) is 19.7 Å². The van der Waals surface area contributed by atoms with E-state index in [9.17, 15) is 26.4 Å². The first kappa shape index (κ1) is 20.9. The molecule has 0 radical (unpaired) electrons. The molecule has 0 unspecified atom stereocenters. The molecule has 0 spiro atoms. The van der Waals surface area contributed by atoms with Crippen LogP contribution in [0.15, 0.2) is 53.4 Å². The van der Waals surface area contributed by atoms with Gasteiger partial charge in [0.1, 0.15) is 6.10 Å². The quantitative estimate of drug-likeness (QED) is 0.714. The van der Waals surface area contributed by atoms with Crippen molar-refractivity contribution in [2.45, 2.75) is 24.1 Å². The SMILES string of the molecule is C[C@@H](OC(=O)c1cccc(S(=O)(=O)N(C)C)c1)c1ccccc1C(F)(F)F. The Morgan fingerprint density at radius 1 is 1.07 bits per heavy atom. The van der Waals surface area contributed by atoms with E-state index >= 15 is 0 Å². The van der Waals surface area contributed by atoms with E-state index in [0.29, 0.717) is 0 Å². The Bertz CT molecular complexity index is 940. The molecule has 0 fully saturated rings. The van der Waals surface area contributed by atoms with Crippen LogP contribution in [0, 0.1) is 0 Å². The highest BCUT2D eigenvalue weighted by molar-refractivity contribution is 7.89. The van der Waals surface area contributed by atoms with Gasteiger partial charge in [0.2, 0.25) is 10.0 Å². The molecule has 0 aromatic heterocycles. The number of halogens is 3. The van der Waals surface area contributed by atoms with E-state index in [0.717, 1.165) is 16.4 Å². The smallest absolute Gasteiger partial charge is 0.416 e. The Kier molecular flexibility index (Phi) is 5.96. The van der Waals surface area contributed by atoms with Crippen LogP contribution < -0.4 is 0 Å². The molecule has 0 aliphatic rings. The fourth-order valence-electron chi connectivity index (χ4n) is 2.40. The van der Waals surface area contributed by atoms with Crippen LogP contribution in [0.1, 0.15) is 34.5 Å². The third-order valence-corrected chi connectivity index (χ3v) is 5.65. The molecule has 9 heteroatoms. The summed E-state index contributed by atoms with van der Waals surface area (Å²) in [6.45, 7) is 1.32. The van der Waals surface area contributed by atoms with E-state index in [4.69, 9.17) is 4.74 Å². The molecule has 0 bridgehead atoms. The third kappa shape index (κ3) is 4.67. The number of esters is 1. The third-order valence-electron chi connectivity index (χ3n) is 3.84. The summed E-state index contributed by atoms with van der Waals surface area (Å²) in [5.74, 6) is -0.921. The number of ether oxygens (including phenoxy) is 1. The fourth-order valence-corrected chi connectivity index (χ4v) is 3.34. The van der Waals surface area contributed by atoms with Crippen molar-refractivity contribution in [3.63, 3.8) is 0 Å². The van der Waals surface area contributed by atoms with Gasteiger partial charge >= 0.3 is 12.1 Å². The summed E-state index contributed by atoms with van der Waals surface area (Å²) in [5.41, 5.74) is -1.15. The van der Waals surface area contributed by atoms with Crippen LogP contribution in [-0.2, 0) is 20.9 Å². The van der Waals surface area contributed by atoms with Crippen LogP contribution in [0.25, 0.3) is 0 Å². The summed E-state index contributed by atoms with van der Waals surface area (Å²) < 4.78 is 69.8. The van der Waals surface area contributed by atoms with Gasteiger partial charge in [0.15, 0.2) is 0 Å². The summed E-state index contributed by atoms with van der Waals surface area (Å²) in [6, 6.07) is 9.93. The zero-order valence-electron chi connectivity index (χ0n) is 14.8. The number of carbonyl (C=O) groups is 1. The summed E-state index contributed by atoms with van der Waals surface area (Å²) in [5, 5.41) is 0. The monoisotopic (exact) mass is 401 g/mol. The minimum Gasteiger partial charge on any atom is -0.454 e. The van der Waals surface area contributed by atoms with Gasteiger partial charge in [-0.05, 0) is 31.2 Å². The first-order valence-electron chi connectivity index (χ1n) is 7.84. The molecule has 2 rings (SSSR count). The van der Waals surface area contributed by atoms with Crippen molar-refractivity contribution in [2.24, 2.45) is 0 Å². The highest BCUT2D eigenvalue weighted by atomic mass is 32.2. The van der Waals surface area contributed by atoms with E-state index in [1.54, 1.807) is 0 Å². The highest BCUT2D eigenvalue weighted by Gasteiger charge is 2.35. The highest BCUT2D eigenvalue weighted by Crippen LogP contribution is 2.35. The maximum atomic E-state index is 13.1. The van der Waals surface area contributed by atoms with Crippen LogP contribution in [0.2, 0.25) is 0 Å². The molecule has 146 valence electrons. The van der Waals surface area contributed by atoms with Crippen molar-refractivity contribution in [1.82, 2.24) is 4.31 Å². The molecule has 0 saturated carbocycles. The molecule has 1 atom stereocenters. The Hall–Kier alpha value is -2.39. The van der Waals surface area contributed by atoms with Gasteiger partial charge in [-0.25, -0.2) is 17.5 Å². The van der Waals surface area contributed by atoms with Gasteiger partial charge < -0.3 is 4.74 Å². The second-order valence-corrected chi connectivity index (χ2v) is 8.10. The lowest BCUT2D eigenvalue weighted by Gasteiger charge is -2.19. The van der Waals surface area contributed by atoms with E-state index in [1.807, 2.05) is 0 Å². The minimum atomic E-state index is -4.59. The van der Waals surface area contributed by atoms with Gasteiger partial charge in [-0.15, -0.1) is 0 Å². The largest absolute Gasteiger partial charge is 0.454 e. The second kappa shape index (κ2) is 7.69. The molecule has 0 aliphatic heterocycles. The number of rotatable bonds is 5. The molecule has 2 aromatic carbocycles. The van der Waals surface area contributed by atoms with Gasteiger partial charge in [-0.2, -0.15) is 13.2 Å². The molecule has 0 saturated heterocycles. The second-order valence-electron chi connectivity index (χ2n) is 5.95. The molecule has 0 amide bonds. The number of benzene rings is 2. The Morgan fingerprint density at radius 2 is 1.70 bits per heavy atom. The number of hydrogen-bond donors (Lipinski definition) is 0. The number of sulfonamides is 1. The van der Waals surface area contributed by atoms with Crippen molar-refractivity contribution in [1.29, 1.82) is 0 Å². The maximum absolute atomic E-state index is 13.1. The molecular weight excluding hydrogens is 383 g/mol. The molecule has 27 heavy (non-hydrogen) atoms. The standard InChI is InChI=1S/C18H18F3NO4S/c1-12(15-9-4-5-10-16(15)18(19,20)21)26-17(23)13-7-6-8-14(11-13)27(24,25)22(2)3/h4-12H,1-3H3/t12-/m1/s1. The van der Waals surface area contributed by atoms with Gasteiger partial charge in [0.05, 0.1) is 16.0 Å². The lowest BCUT2D eigenvalue weighted by molar-refractivity contribution is -0.139. The molecule has 5 nitrogen and oxygen atoms in total. The predicted molar refractivity (Wildman–Crippen MR) is 92.6 cm³/mol. The van der Waals surface area contributed by atoms with Crippen molar-refractivity contribution in [3.8, 4) is 0 Å². The van der Waals surface area contributed by atoms with E-state index in [2.05, 4.69) is 0 Å². The molecule has 2 aromatic rings. The van der Waals surface area contributed by atoms with Crippen molar-refractivity contribution in [3.05, 3.63) is 65.2 Å².